The molecule has 3 saturated heterocycles. The zero-order chi connectivity index (χ0) is 34.5. The molecule has 13 heteroatoms. The van der Waals surface area contributed by atoms with Crippen LogP contribution in [0.4, 0.5) is 17.1 Å². The number of sulfonamides is 1. The number of amides is 2. The van der Waals surface area contributed by atoms with Crippen LogP contribution in [0.15, 0.2) is 108 Å². The highest BCUT2D eigenvalue weighted by atomic mass is 32.2. The highest BCUT2D eigenvalue weighted by molar-refractivity contribution is 8.15. The van der Waals surface area contributed by atoms with E-state index in [1.807, 2.05) is 60.7 Å². The molecule has 2 atom stereocenters. The molecular formula is C37H38N6O5S2. The topological polar surface area (TPSA) is 125 Å². The fourth-order valence-electron chi connectivity index (χ4n) is 6.39. The minimum Gasteiger partial charge on any atom is -0.378 e. The van der Waals surface area contributed by atoms with Gasteiger partial charge in [0, 0.05) is 37.2 Å². The van der Waals surface area contributed by atoms with Crippen LogP contribution < -0.4 is 10.2 Å². The maximum atomic E-state index is 13.9. The summed E-state index contributed by atoms with van der Waals surface area (Å²) in [6.07, 6.45) is 2.77. The van der Waals surface area contributed by atoms with Crippen molar-refractivity contribution < 1.29 is 22.7 Å². The Balaban J connectivity index is 1.05. The number of anilines is 2. The minimum absolute atomic E-state index is 0.105. The molecule has 0 spiro atoms. The lowest BCUT2D eigenvalue weighted by atomic mass is 10.1. The average molecular weight is 711 g/mol. The van der Waals surface area contributed by atoms with E-state index in [2.05, 4.69) is 15.2 Å². The van der Waals surface area contributed by atoms with E-state index < -0.39 is 21.3 Å². The van der Waals surface area contributed by atoms with Crippen LogP contribution in [-0.2, 0) is 36.6 Å². The summed E-state index contributed by atoms with van der Waals surface area (Å²) in [5, 5.41) is 2.95. The Morgan fingerprint density at radius 3 is 2.38 bits per heavy atom. The third-order valence-corrected chi connectivity index (χ3v) is 12.1. The first-order valence-electron chi connectivity index (χ1n) is 16.7. The van der Waals surface area contributed by atoms with E-state index in [9.17, 15) is 18.0 Å². The van der Waals surface area contributed by atoms with Crippen LogP contribution in [0.1, 0.15) is 34.9 Å². The van der Waals surface area contributed by atoms with Gasteiger partial charge in [0.2, 0.25) is 21.8 Å². The van der Waals surface area contributed by atoms with Crippen LogP contribution in [0, 0.1) is 0 Å². The number of nitrogens with one attached hydrogen (secondary N) is 1. The first-order valence-corrected chi connectivity index (χ1v) is 19.2. The summed E-state index contributed by atoms with van der Waals surface area (Å²) in [6.45, 7) is 3.69. The molecule has 1 unspecified atom stereocenters. The molecule has 50 heavy (non-hydrogen) atoms. The molecule has 0 saturated carbocycles. The van der Waals surface area contributed by atoms with Crippen molar-refractivity contribution in [2.45, 2.75) is 36.4 Å². The minimum atomic E-state index is -3.68. The van der Waals surface area contributed by atoms with Crippen molar-refractivity contribution in [2.24, 2.45) is 4.99 Å². The van der Waals surface area contributed by atoms with Gasteiger partial charge in [-0.25, -0.2) is 13.4 Å². The SMILES string of the molecule is O=C(Nc1ccc(C2SC(=Nc3ccc(N4CCOCC4)cc3)N(Cc3ccccn3)C2=O)cc1)[C@@H]1CCCN1S(=O)(=O)Cc1ccccc1. The van der Waals surface area contributed by atoms with Crippen LogP contribution in [0.25, 0.3) is 0 Å². The first-order chi connectivity index (χ1) is 24.3. The van der Waals surface area contributed by atoms with Gasteiger partial charge in [0.1, 0.15) is 11.3 Å². The number of aliphatic imine (C=N–C) groups is 1. The van der Waals surface area contributed by atoms with Gasteiger partial charge in [-0.2, -0.15) is 4.31 Å². The van der Waals surface area contributed by atoms with Gasteiger partial charge in [-0.3, -0.25) is 19.5 Å². The van der Waals surface area contributed by atoms with Gasteiger partial charge >= 0.3 is 0 Å². The van der Waals surface area contributed by atoms with Gasteiger partial charge in [-0.1, -0.05) is 60.3 Å². The van der Waals surface area contributed by atoms with E-state index >= 15 is 0 Å². The van der Waals surface area contributed by atoms with Crippen molar-refractivity contribution in [1.82, 2.24) is 14.2 Å². The summed E-state index contributed by atoms with van der Waals surface area (Å²) >= 11 is 1.38. The molecule has 0 bridgehead atoms. The van der Waals surface area contributed by atoms with Gasteiger partial charge in [-0.15, -0.1) is 0 Å². The number of amidine groups is 1. The lowest BCUT2D eigenvalue weighted by Crippen LogP contribution is -2.43. The summed E-state index contributed by atoms with van der Waals surface area (Å²) < 4.78 is 33.3. The van der Waals surface area contributed by atoms with Crippen molar-refractivity contribution in [2.75, 3.05) is 43.1 Å². The number of hydrogen-bond donors (Lipinski definition) is 1. The highest BCUT2D eigenvalue weighted by Crippen LogP contribution is 2.41. The summed E-state index contributed by atoms with van der Waals surface area (Å²) in [6, 6.07) is 29.0. The third kappa shape index (κ3) is 7.76. The van der Waals surface area contributed by atoms with E-state index in [4.69, 9.17) is 9.73 Å². The molecule has 3 aliphatic heterocycles. The standard InChI is InChI=1S/C37H38N6O5S2/c44-35(33-10-6-20-43(33)50(46,47)26-27-7-2-1-3-8-27)39-29-13-11-28(12-14-29)34-36(45)42(25-31-9-4-5-19-38-31)37(49-34)40-30-15-17-32(18-16-30)41-21-23-48-24-22-41/h1-5,7-9,11-19,33-34H,6,10,20-26H2,(H,39,44)/t33-,34?/m0/s1. The second kappa shape index (κ2) is 15.1. The number of carbonyl (C=O) groups excluding carboxylic acids is 2. The van der Waals surface area contributed by atoms with Crippen molar-refractivity contribution in [1.29, 1.82) is 0 Å². The van der Waals surface area contributed by atoms with Crippen LogP contribution in [0.5, 0.6) is 0 Å². The number of nitrogens with zero attached hydrogens (tertiary/aromatic N) is 5. The number of hydrogen-bond acceptors (Lipinski definition) is 9. The number of aromatic nitrogens is 1. The van der Waals surface area contributed by atoms with E-state index in [1.165, 1.54) is 16.1 Å². The maximum Gasteiger partial charge on any atom is 0.247 e. The molecule has 0 aliphatic carbocycles. The van der Waals surface area contributed by atoms with Crippen LogP contribution in [0.3, 0.4) is 0 Å². The van der Waals surface area contributed by atoms with E-state index in [-0.39, 0.29) is 24.1 Å². The lowest BCUT2D eigenvalue weighted by Gasteiger charge is -2.28. The Morgan fingerprint density at radius 1 is 0.920 bits per heavy atom. The molecule has 258 valence electrons. The van der Waals surface area contributed by atoms with Crippen molar-refractivity contribution in [3.05, 3.63) is 120 Å². The van der Waals surface area contributed by atoms with E-state index in [0.717, 1.165) is 35.7 Å². The largest absolute Gasteiger partial charge is 0.378 e. The number of thioether (sulfide) groups is 1. The van der Waals surface area contributed by atoms with Gasteiger partial charge < -0.3 is 15.0 Å². The normalized spacial score (nSPS) is 20.8. The molecule has 1 aromatic heterocycles. The molecular weight excluding hydrogens is 673 g/mol. The molecule has 11 nitrogen and oxygen atoms in total. The molecule has 3 aliphatic rings. The highest BCUT2D eigenvalue weighted by Gasteiger charge is 2.40. The number of carbonyl (C=O) groups is 2. The predicted molar refractivity (Wildman–Crippen MR) is 196 cm³/mol. The molecule has 4 aromatic rings. The second-order valence-electron chi connectivity index (χ2n) is 12.4. The fourth-order valence-corrected chi connectivity index (χ4v) is 9.34. The van der Waals surface area contributed by atoms with Crippen LogP contribution in [-0.4, -0.2) is 78.5 Å². The van der Waals surface area contributed by atoms with Gasteiger partial charge in [0.05, 0.1) is 36.9 Å². The van der Waals surface area contributed by atoms with Crippen molar-refractivity contribution in [3.63, 3.8) is 0 Å². The molecule has 3 aromatic carbocycles. The Labute approximate surface area is 296 Å². The van der Waals surface area contributed by atoms with E-state index in [0.29, 0.717) is 49.0 Å². The maximum absolute atomic E-state index is 13.9. The Morgan fingerprint density at radius 2 is 1.66 bits per heavy atom. The lowest BCUT2D eigenvalue weighted by molar-refractivity contribution is -0.126. The van der Waals surface area contributed by atoms with Gasteiger partial charge in [-0.05, 0) is 72.5 Å². The number of morpholine rings is 1. The zero-order valence-electron chi connectivity index (χ0n) is 27.4. The molecule has 7 rings (SSSR count). The fraction of sp³-hybridized carbons (Fsp3) is 0.297. The summed E-state index contributed by atoms with van der Waals surface area (Å²) in [4.78, 5) is 40.6. The van der Waals surface area contributed by atoms with Crippen LogP contribution >= 0.6 is 11.8 Å². The second-order valence-corrected chi connectivity index (χ2v) is 15.4. The smallest absolute Gasteiger partial charge is 0.247 e. The van der Waals surface area contributed by atoms with Crippen molar-refractivity contribution in [3.8, 4) is 0 Å². The predicted octanol–water partition coefficient (Wildman–Crippen LogP) is 5.36. The Kier molecular flexibility index (Phi) is 10.3. The van der Waals surface area contributed by atoms with Crippen LogP contribution in [0.2, 0.25) is 0 Å². The number of ether oxygens (including phenoxy) is 1. The Hall–Kier alpha value is -4.56. The molecule has 2 amide bonds. The number of pyridine rings is 1. The molecule has 0 radical (unpaired) electrons. The monoisotopic (exact) mass is 710 g/mol. The summed E-state index contributed by atoms with van der Waals surface area (Å²) in [5.74, 6) is -0.623. The van der Waals surface area contributed by atoms with Gasteiger partial charge in [0.15, 0.2) is 5.17 Å². The number of benzene rings is 3. The van der Waals surface area contributed by atoms with E-state index in [1.54, 1.807) is 47.5 Å². The summed E-state index contributed by atoms with van der Waals surface area (Å²) in [7, 11) is -3.68. The third-order valence-electron chi connectivity index (χ3n) is 8.98. The van der Waals surface area contributed by atoms with Gasteiger partial charge in [0.25, 0.3) is 0 Å². The number of rotatable bonds is 10. The molecule has 4 heterocycles. The van der Waals surface area contributed by atoms with Crippen molar-refractivity contribution >= 4 is 55.8 Å². The summed E-state index contributed by atoms with van der Waals surface area (Å²) in [5.41, 5.74) is 4.58. The Bertz CT molecular complexity index is 1940. The first kappa shape index (κ1) is 33.9. The zero-order valence-corrected chi connectivity index (χ0v) is 29.1. The average Bonchev–Trinajstić information content (AvgIpc) is 3.76. The molecule has 3 fully saturated rings. The molecule has 1 N–H and O–H groups in total. The quantitative estimate of drug-likeness (QED) is 0.234.